The van der Waals surface area contributed by atoms with E-state index >= 15 is 0 Å². The second kappa shape index (κ2) is 23.8. The Morgan fingerprint density at radius 3 is 1.44 bits per heavy atom. The van der Waals surface area contributed by atoms with Crippen LogP contribution < -0.4 is 30.9 Å². The molecule has 0 saturated heterocycles. The van der Waals surface area contributed by atoms with Crippen molar-refractivity contribution in [3.8, 4) is 90.4 Å². The Kier molecular flexibility index (Phi) is 13.9. The lowest BCUT2D eigenvalue weighted by Crippen LogP contribution is -2.61. The van der Waals surface area contributed by atoms with Crippen LogP contribution in [0.15, 0.2) is 340 Å². The van der Waals surface area contributed by atoms with Crippen molar-refractivity contribution in [2.75, 3.05) is 9.80 Å². The van der Waals surface area contributed by atoms with Gasteiger partial charge in [0.05, 0.1) is 45.1 Å². The Morgan fingerprint density at radius 1 is 0.309 bits per heavy atom. The summed E-state index contributed by atoms with van der Waals surface area (Å²) in [5.41, 5.74) is 24.5. The molecule has 0 bridgehead atoms. The molecule has 3 aromatic heterocycles. The Balaban J connectivity index is 0.780. The summed E-state index contributed by atoms with van der Waals surface area (Å²) in [6.45, 7) is 0.0532. The normalized spacial score (nSPS) is 12.1. The summed E-state index contributed by atoms with van der Waals surface area (Å²) in [7, 11) is 0. The summed E-state index contributed by atoms with van der Waals surface area (Å²) >= 11 is 0. The Labute approximate surface area is 561 Å². The van der Waals surface area contributed by atoms with Crippen LogP contribution in [0.1, 0.15) is 10.4 Å². The van der Waals surface area contributed by atoms with Crippen LogP contribution in [0.2, 0.25) is 0 Å². The summed E-state index contributed by atoms with van der Waals surface area (Å²) < 4.78 is 8.36. The van der Waals surface area contributed by atoms with E-state index in [9.17, 15) is 4.79 Å². The maximum atomic E-state index is 13.5. The van der Waals surface area contributed by atoms with Crippen LogP contribution in [0, 0.1) is 0 Å². The molecule has 97 heavy (non-hydrogen) atoms. The summed E-state index contributed by atoms with van der Waals surface area (Å²) in [5, 5.41) is 1.92. The van der Waals surface area contributed by atoms with E-state index in [2.05, 4.69) is 233 Å². The van der Waals surface area contributed by atoms with E-state index in [1.165, 1.54) is 27.8 Å². The highest BCUT2D eigenvalue weighted by Crippen LogP contribution is 2.46. The molecule has 0 spiro atoms. The third-order valence-electron chi connectivity index (χ3n) is 18.7. The minimum absolute atomic E-state index is 0.0532. The molecule has 0 unspecified atom stereocenters. The first-order valence-corrected chi connectivity index (χ1v) is 32.6. The van der Waals surface area contributed by atoms with Crippen LogP contribution in [0.5, 0.6) is 5.75 Å². The predicted molar refractivity (Wildman–Crippen MR) is 395 cm³/mol. The lowest BCUT2D eigenvalue weighted by molar-refractivity contribution is 0.0735. The largest absolute Gasteiger partial charge is 0.423 e. The molecule has 18 rings (SSSR count). The molecule has 0 amide bonds. The summed E-state index contributed by atoms with van der Waals surface area (Å²) in [6, 6.07) is 117. The number of ether oxygens (including phenoxy) is 1. The highest BCUT2D eigenvalue weighted by molar-refractivity contribution is 7.00. The van der Waals surface area contributed by atoms with E-state index in [1.54, 1.807) is 12.1 Å². The number of carbonyl (C=O) groups is 1. The number of rotatable bonds is 12. The second-order valence-corrected chi connectivity index (χ2v) is 24.4. The number of aromatic nitrogens is 5. The van der Waals surface area contributed by atoms with Crippen LogP contribution in [-0.2, 0) is 0 Å². The molecular formula is C87H56BN7O2. The predicted octanol–water partition coefficient (Wildman–Crippen LogP) is 19.3. The van der Waals surface area contributed by atoms with Gasteiger partial charge in [0.2, 0.25) is 0 Å². The van der Waals surface area contributed by atoms with Crippen molar-refractivity contribution in [1.82, 2.24) is 24.5 Å². The van der Waals surface area contributed by atoms with Gasteiger partial charge in [-0.3, -0.25) is 0 Å². The molecule has 2 aliphatic rings. The van der Waals surface area contributed by atoms with E-state index in [-0.39, 0.29) is 6.71 Å². The van der Waals surface area contributed by atoms with Gasteiger partial charge in [-0.05, 0) is 143 Å². The minimum Gasteiger partial charge on any atom is -0.423 e. The molecule has 454 valence electrons. The first-order chi connectivity index (χ1) is 48.0. The molecule has 0 N–H and O–H groups in total. The zero-order valence-corrected chi connectivity index (χ0v) is 52.4. The molecule has 0 radical (unpaired) electrons. The first-order valence-electron chi connectivity index (χ1n) is 32.6. The number of anilines is 6. The average molecular weight is 1240 g/mol. The lowest BCUT2D eigenvalue weighted by Gasteiger charge is -2.44. The average Bonchev–Trinajstić information content (AvgIpc) is 1.26. The summed E-state index contributed by atoms with van der Waals surface area (Å²) in [4.78, 5) is 40.0. The van der Waals surface area contributed by atoms with E-state index in [0.29, 0.717) is 28.7 Å². The zero-order chi connectivity index (χ0) is 64.3. The van der Waals surface area contributed by atoms with Gasteiger partial charge in [-0.25, -0.2) is 24.7 Å². The van der Waals surface area contributed by atoms with E-state index in [0.717, 1.165) is 112 Å². The fourth-order valence-electron chi connectivity index (χ4n) is 14.3. The fraction of sp³-hybridized carbons (Fsp3) is 0. The number of hydrogen-bond acceptors (Lipinski definition) is 8. The van der Waals surface area contributed by atoms with Crippen molar-refractivity contribution in [1.29, 1.82) is 0 Å². The minimum atomic E-state index is -0.425. The number of carbonyl (C=O) groups excluding carboxylic acids is 1. The zero-order valence-electron chi connectivity index (χ0n) is 52.4. The van der Waals surface area contributed by atoms with Crippen LogP contribution in [0.25, 0.3) is 106 Å². The molecule has 10 heteroatoms. The molecule has 0 atom stereocenters. The van der Waals surface area contributed by atoms with Crippen molar-refractivity contribution in [3.63, 3.8) is 0 Å². The highest BCUT2D eigenvalue weighted by Gasteiger charge is 2.43. The highest BCUT2D eigenvalue weighted by atomic mass is 16.5. The van der Waals surface area contributed by atoms with Crippen molar-refractivity contribution in [2.24, 2.45) is 0 Å². The van der Waals surface area contributed by atoms with Gasteiger partial charge in [-0.15, -0.1) is 0 Å². The molecule has 16 aromatic rings. The number of hydrogen-bond donors (Lipinski definition) is 0. The van der Waals surface area contributed by atoms with Gasteiger partial charge in [0.15, 0.2) is 11.6 Å². The third kappa shape index (κ3) is 10.1. The molecule has 0 fully saturated rings. The van der Waals surface area contributed by atoms with Crippen molar-refractivity contribution in [2.45, 2.75) is 0 Å². The molecule has 5 heterocycles. The monoisotopic (exact) mass is 1240 g/mol. The molecule has 9 nitrogen and oxygen atoms in total. The number of nitrogens with zero attached hydrogens (tertiary/aromatic N) is 7. The molecular weight excluding hydrogens is 1190 g/mol. The Bertz CT molecular complexity index is 5660. The Morgan fingerprint density at radius 2 is 0.784 bits per heavy atom. The van der Waals surface area contributed by atoms with Gasteiger partial charge >= 0.3 is 5.97 Å². The molecule has 13 aromatic carbocycles. The number of para-hydroxylation sites is 4. The van der Waals surface area contributed by atoms with Gasteiger partial charge in [0.25, 0.3) is 6.71 Å². The van der Waals surface area contributed by atoms with Crippen LogP contribution in [0.3, 0.4) is 0 Å². The number of fused-ring (bicyclic) bond motifs is 7. The quantitative estimate of drug-likeness (QED) is 0.0679. The van der Waals surface area contributed by atoms with Crippen LogP contribution in [0.4, 0.5) is 34.1 Å². The standard InChI is InChI=1S/C87H56BN7O2/c96-87(61-30-12-4-13-31-61)97-67-49-51-78-69(54-67)68-36-16-19-39-77(68)95(78)79-50-46-63(75-55-73(58-24-6-1-7-25-58)89-85(91-75)60-28-10-3-11-29-60)53-70(79)76-56-74(59-26-8-2-9-27-59)90-86(92-76)64-33-22-32-62(52-64)57-44-47-66(48-45-57)94-81-41-21-18-38-72(81)88-71-37-17-20-40-80(71)93(65-34-14-5-15-35-65)82-42-23-43-83(94)84(82)88/h1-56H. The second-order valence-electron chi connectivity index (χ2n) is 24.4. The number of benzene rings is 13. The van der Waals surface area contributed by atoms with Gasteiger partial charge in [0, 0.05) is 78.3 Å². The smallest absolute Gasteiger partial charge is 0.343 e. The maximum absolute atomic E-state index is 13.5. The van der Waals surface area contributed by atoms with Gasteiger partial charge in [-0.2, -0.15) is 0 Å². The summed E-state index contributed by atoms with van der Waals surface area (Å²) in [6.07, 6.45) is 0. The SMILES string of the molecule is O=C(Oc1ccc2c(c1)c1ccccc1n2-c1ccc(-c2cc(-c3ccccc3)nc(-c3ccccc3)n2)cc1-c1cc(-c2ccccc2)nc(-c2cccc(-c3ccc(N4c5ccccc5B5c6ccccc6N(c6ccccc6)c6cccc4c65)cc3)c2)n1)c1ccccc1. The molecule has 2 aliphatic heterocycles. The van der Waals surface area contributed by atoms with Gasteiger partial charge in [-0.1, -0.05) is 224 Å². The van der Waals surface area contributed by atoms with Crippen LogP contribution >= 0.6 is 0 Å². The van der Waals surface area contributed by atoms with E-state index in [4.69, 9.17) is 24.7 Å². The van der Waals surface area contributed by atoms with Crippen LogP contribution in [-0.4, -0.2) is 37.2 Å². The van der Waals surface area contributed by atoms with E-state index < -0.39 is 5.97 Å². The molecule has 0 saturated carbocycles. The topological polar surface area (TPSA) is 89.3 Å². The first kappa shape index (κ1) is 56.7. The maximum Gasteiger partial charge on any atom is 0.343 e. The third-order valence-corrected chi connectivity index (χ3v) is 18.7. The fourth-order valence-corrected chi connectivity index (χ4v) is 14.3. The van der Waals surface area contributed by atoms with Crippen molar-refractivity contribution < 1.29 is 9.53 Å². The lowest BCUT2D eigenvalue weighted by atomic mass is 9.33. The van der Waals surface area contributed by atoms with Crippen molar-refractivity contribution >= 4 is 85.0 Å². The Hall–Kier alpha value is -13.0. The van der Waals surface area contributed by atoms with Gasteiger partial charge in [0.1, 0.15) is 5.75 Å². The number of esters is 1. The van der Waals surface area contributed by atoms with E-state index in [1.807, 2.05) is 109 Å². The van der Waals surface area contributed by atoms with Gasteiger partial charge < -0.3 is 19.1 Å². The van der Waals surface area contributed by atoms with Crippen molar-refractivity contribution in [3.05, 3.63) is 345 Å². The molecule has 0 aliphatic carbocycles. The summed E-state index contributed by atoms with van der Waals surface area (Å²) in [5.74, 6) is 1.20.